The van der Waals surface area contributed by atoms with E-state index in [0.29, 0.717) is 0 Å². The normalized spacial score (nSPS) is 30.1. The van der Waals surface area contributed by atoms with Gasteiger partial charge in [0.2, 0.25) is 0 Å². The molecule has 1 amide bonds. The summed E-state index contributed by atoms with van der Waals surface area (Å²) in [7, 11) is 4.46. The van der Waals surface area contributed by atoms with Gasteiger partial charge in [0, 0.05) is 26.2 Å². The highest BCUT2D eigenvalue weighted by Gasteiger charge is 2.47. The number of carbonyl (C=O) groups excluding carboxylic acids is 1. The Morgan fingerprint density at radius 1 is 1.39 bits per heavy atom. The number of methoxy groups -OCH3 is 3. The van der Waals surface area contributed by atoms with Gasteiger partial charge in [0.25, 0.3) is 0 Å². The van der Waals surface area contributed by atoms with Gasteiger partial charge in [-0.2, -0.15) is 0 Å². The molecule has 1 fully saturated rings. The van der Waals surface area contributed by atoms with Crippen LogP contribution < -0.4 is 5.32 Å². The lowest BCUT2D eigenvalue weighted by molar-refractivity contribution is -0.209. The van der Waals surface area contributed by atoms with Crippen LogP contribution in [0.15, 0.2) is 17.8 Å². The highest BCUT2D eigenvalue weighted by Crippen LogP contribution is 2.26. The Morgan fingerprint density at radius 3 is 2.61 bits per heavy atom. The topological polar surface area (TPSA) is 124 Å². The maximum absolute atomic E-state index is 11.8. The first-order valence-electron chi connectivity index (χ1n) is 6.91. The predicted molar refractivity (Wildman–Crippen MR) is 79.7 cm³/mol. The molecule has 0 bridgehead atoms. The number of hydrogen-bond donors (Lipinski definition) is 1. The molecule has 0 spiro atoms. The molecule has 130 valence electrons. The molecule has 0 saturated carbocycles. The number of ether oxygens (including phenoxy) is 5. The van der Waals surface area contributed by atoms with E-state index in [4.69, 9.17) is 29.2 Å². The van der Waals surface area contributed by atoms with Crippen molar-refractivity contribution in [2.75, 3.05) is 34.5 Å². The second kappa shape index (κ2) is 10.0. The van der Waals surface area contributed by atoms with Crippen molar-refractivity contribution in [2.24, 2.45) is 5.11 Å². The van der Waals surface area contributed by atoms with E-state index in [9.17, 15) is 4.79 Å². The van der Waals surface area contributed by atoms with Crippen molar-refractivity contribution in [3.63, 3.8) is 0 Å². The number of nitrogens with zero attached hydrogens (tertiary/aromatic N) is 3. The molecule has 1 saturated heterocycles. The van der Waals surface area contributed by atoms with Crippen LogP contribution >= 0.6 is 0 Å². The van der Waals surface area contributed by atoms with Gasteiger partial charge in [0.05, 0.1) is 12.6 Å². The van der Waals surface area contributed by atoms with Gasteiger partial charge in [-0.05, 0) is 5.53 Å². The molecule has 1 heterocycles. The third kappa shape index (κ3) is 5.08. The SMILES string of the molecule is C=CCOC(=O)N[C@@H]1[C@@H](OC)[C@H](OC)[C@@H](COC)O[C@H]1N=[N+]=[N-]. The molecule has 23 heavy (non-hydrogen) atoms. The van der Waals surface area contributed by atoms with Crippen molar-refractivity contribution in [3.8, 4) is 0 Å². The van der Waals surface area contributed by atoms with Gasteiger partial charge in [0.1, 0.15) is 24.9 Å². The van der Waals surface area contributed by atoms with Crippen LogP contribution in [0.3, 0.4) is 0 Å². The molecule has 1 N–H and O–H groups in total. The number of nitrogens with one attached hydrogen (secondary N) is 1. The summed E-state index contributed by atoms with van der Waals surface area (Å²) in [5, 5.41) is 6.15. The van der Waals surface area contributed by atoms with E-state index < -0.39 is 36.7 Å². The summed E-state index contributed by atoms with van der Waals surface area (Å²) in [5.74, 6) is 0. The van der Waals surface area contributed by atoms with Gasteiger partial charge in [0.15, 0.2) is 6.23 Å². The summed E-state index contributed by atoms with van der Waals surface area (Å²) < 4.78 is 26.5. The highest BCUT2D eigenvalue weighted by molar-refractivity contribution is 5.68. The molecule has 5 atom stereocenters. The summed E-state index contributed by atoms with van der Waals surface area (Å²) in [6.45, 7) is 3.71. The average Bonchev–Trinajstić information content (AvgIpc) is 2.55. The van der Waals surface area contributed by atoms with Gasteiger partial charge in [-0.1, -0.05) is 17.8 Å². The Labute approximate surface area is 134 Å². The lowest BCUT2D eigenvalue weighted by atomic mass is 9.96. The molecular formula is C13H22N4O6. The summed E-state index contributed by atoms with van der Waals surface area (Å²) in [5.41, 5.74) is 8.73. The molecule has 0 aromatic heterocycles. The molecule has 0 aromatic rings. The molecule has 0 radical (unpaired) electrons. The van der Waals surface area contributed by atoms with Crippen molar-refractivity contribution < 1.29 is 28.5 Å². The van der Waals surface area contributed by atoms with Crippen LogP contribution in [-0.4, -0.2) is 71.2 Å². The summed E-state index contributed by atoms with van der Waals surface area (Å²) in [6.07, 6.45) is -1.95. The van der Waals surface area contributed by atoms with Crippen molar-refractivity contribution in [1.29, 1.82) is 0 Å². The lowest BCUT2D eigenvalue weighted by Crippen LogP contribution is -2.64. The minimum Gasteiger partial charge on any atom is -0.445 e. The summed E-state index contributed by atoms with van der Waals surface area (Å²) in [6, 6.07) is -0.786. The number of hydrogen-bond acceptors (Lipinski definition) is 7. The van der Waals surface area contributed by atoms with E-state index in [-0.39, 0.29) is 13.2 Å². The second-order valence-electron chi connectivity index (χ2n) is 4.68. The van der Waals surface area contributed by atoms with Crippen LogP contribution in [0.2, 0.25) is 0 Å². The maximum atomic E-state index is 11.8. The van der Waals surface area contributed by atoms with E-state index in [1.165, 1.54) is 27.4 Å². The Morgan fingerprint density at radius 2 is 2.09 bits per heavy atom. The standard InChI is InChI=1S/C13H22N4O6/c1-5-6-22-13(18)15-9-11(21-4)10(20-3)8(7-19-2)23-12(9)16-17-14/h5,8-12H,1,6-7H2,2-4H3,(H,15,18)/t8-,9-,10-,11-,12-/m1/s1. The first-order chi connectivity index (χ1) is 11.1. The molecule has 1 aliphatic heterocycles. The van der Waals surface area contributed by atoms with Gasteiger partial charge >= 0.3 is 6.09 Å². The number of carbonyl (C=O) groups is 1. The number of alkyl carbamates (subject to hydrolysis) is 1. The lowest BCUT2D eigenvalue weighted by Gasteiger charge is -2.44. The van der Waals surface area contributed by atoms with Gasteiger partial charge < -0.3 is 29.0 Å². The zero-order chi connectivity index (χ0) is 17.2. The second-order valence-corrected chi connectivity index (χ2v) is 4.68. The molecule has 1 rings (SSSR count). The zero-order valence-electron chi connectivity index (χ0n) is 13.4. The molecule has 0 unspecified atom stereocenters. The maximum Gasteiger partial charge on any atom is 0.407 e. The van der Waals surface area contributed by atoms with E-state index in [2.05, 4.69) is 21.9 Å². The Balaban J connectivity index is 2.98. The van der Waals surface area contributed by atoms with Crippen LogP contribution in [0, 0.1) is 0 Å². The van der Waals surface area contributed by atoms with Crippen molar-refractivity contribution in [1.82, 2.24) is 5.32 Å². The Bertz CT molecular complexity index is 442. The van der Waals surface area contributed by atoms with E-state index in [0.717, 1.165) is 0 Å². The predicted octanol–water partition coefficient (Wildman–Crippen LogP) is 0.979. The van der Waals surface area contributed by atoms with Crippen molar-refractivity contribution in [2.45, 2.75) is 30.6 Å². The fourth-order valence-electron chi connectivity index (χ4n) is 2.40. The first kappa shape index (κ1) is 19.2. The third-order valence-electron chi connectivity index (χ3n) is 3.32. The highest BCUT2D eigenvalue weighted by atomic mass is 16.6. The molecular weight excluding hydrogens is 308 g/mol. The largest absolute Gasteiger partial charge is 0.445 e. The molecule has 10 heteroatoms. The van der Waals surface area contributed by atoms with Crippen molar-refractivity contribution >= 4 is 6.09 Å². The minimum atomic E-state index is -0.993. The number of azide groups is 1. The van der Waals surface area contributed by atoms with Crippen LogP contribution in [0.5, 0.6) is 0 Å². The van der Waals surface area contributed by atoms with E-state index in [1.54, 1.807) is 0 Å². The van der Waals surface area contributed by atoms with Crippen LogP contribution in [-0.2, 0) is 23.7 Å². The van der Waals surface area contributed by atoms with Gasteiger partial charge in [-0.3, -0.25) is 0 Å². The first-order valence-corrected chi connectivity index (χ1v) is 6.91. The quantitative estimate of drug-likeness (QED) is 0.306. The fourth-order valence-corrected chi connectivity index (χ4v) is 2.40. The minimum absolute atomic E-state index is 0.0449. The van der Waals surface area contributed by atoms with Gasteiger partial charge in [-0.25, -0.2) is 4.79 Å². The Kier molecular flexibility index (Phi) is 8.38. The summed E-state index contributed by atoms with van der Waals surface area (Å²) in [4.78, 5) is 14.5. The molecule has 10 nitrogen and oxygen atoms in total. The molecule has 0 aliphatic carbocycles. The Hall–Kier alpha value is -1.84. The van der Waals surface area contributed by atoms with Crippen LogP contribution in [0.25, 0.3) is 10.4 Å². The number of amides is 1. The van der Waals surface area contributed by atoms with E-state index >= 15 is 0 Å². The van der Waals surface area contributed by atoms with Crippen molar-refractivity contribution in [3.05, 3.63) is 23.1 Å². The third-order valence-corrected chi connectivity index (χ3v) is 3.32. The number of rotatable bonds is 8. The van der Waals surface area contributed by atoms with Gasteiger partial charge in [-0.15, -0.1) is 0 Å². The van der Waals surface area contributed by atoms with Crippen LogP contribution in [0.1, 0.15) is 0 Å². The molecule has 0 aromatic carbocycles. The average molecular weight is 330 g/mol. The fraction of sp³-hybridized carbons (Fsp3) is 0.769. The zero-order valence-corrected chi connectivity index (χ0v) is 13.4. The monoisotopic (exact) mass is 330 g/mol. The van der Waals surface area contributed by atoms with Crippen LogP contribution in [0.4, 0.5) is 4.79 Å². The van der Waals surface area contributed by atoms with E-state index in [1.807, 2.05) is 0 Å². The molecule has 1 aliphatic rings. The summed E-state index contributed by atoms with van der Waals surface area (Å²) >= 11 is 0. The smallest absolute Gasteiger partial charge is 0.407 e.